The number of carbonyl (C=O) groups excluding carboxylic acids is 1. The van der Waals surface area contributed by atoms with Gasteiger partial charge < -0.3 is 14.8 Å². The van der Waals surface area contributed by atoms with Gasteiger partial charge in [0.25, 0.3) is 0 Å². The Morgan fingerprint density at radius 1 is 1.13 bits per heavy atom. The van der Waals surface area contributed by atoms with Crippen LogP contribution in [0.5, 0.6) is 11.5 Å². The van der Waals surface area contributed by atoms with Crippen LogP contribution in [-0.4, -0.2) is 43.7 Å². The van der Waals surface area contributed by atoms with E-state index in [2.05, 4.69) is 37.9 Å². The quantitative estimate of drug-likeness (QED) is 0.780. The van der Waals surface area contributed by atoms with E-state index in [4.69, 9.17) is 21.1 Å². The average Bonchev–Trinajstić information content (AvgIpc) is 2.47. The minimum absolute atomic E-state index is 0.0733. The highest BCUT2D eigenvalue weighted by molar-refractivity contribution is 6.32. The third-order valence-corrected chi connectivity index (χ3v) is 3.97. The monoisotopic (exact) mass is 342 g/mol. The highest BCUT2D eigenvalue weighted by Crippen LogP contribution is 2.35. The van der Waals surface area contributed by atoms with Gasteiger partial charge in [0.1, 0.15) is 11.5 Å². The van der Waals surface area contributed by atoms with Gasteiger partial charge in [0.2, 0.25) is 5.91 Å². The first kappa shape index (κ1) is 19.6. The first-order valence-corrected chi connectivity index (χ1v) is 8.15. The van der Waals surface area contributed by atoms with Crippen LogP contribution < -0.4 is 14.8 Å². The second kappa shape index (κ2) is 8.99. The maximum Gasteiger partial charge on any atom is 0.225 e. The van der Waals surface area contributed by atoms with Crippen LogP contribution in [0.4, 0.5) is 5.69 Å². The third-order valence-electron chi connectivity index (χ3n) is 3.67. The summed E-state index contributed by atoms with van der Waals surface area (Å²) in [5.41, 5.74) is 0.545. The molecule has 0 atom stereocenters. The Kier molecular flexibility index (Phi) is 7.65. The molecule has 1 aromatic carbocycles. The Hall–Kier alpha value is -1.46. The van der Waals surface area contributed by atoms with Crippen LogP contribution in [0.1, 0.15) is 34.1 Å². The number of ether oxygens (including phenoxy) is 2. The van der Waals surface area contributed by atoms with Gasteiger partial charge in [0.15, 0.2) is 0 Å². The lowest BCUT2D eigenvalue weighted by atomic mass is 10.2. The Morgan fingerprint density at radius 2 is 1.70 bits per heavy atom. The molecule has 1 aromatic rings. The predicted octanol–water partition coefficient (Wildman–Crippen LogP) is 3.80. The molecule has 0 saturated heterocycles. The lowest BCUT2D eigenvalue weighted by molar-refractivity contribution is -0.116. The van der Waals surface area contributed by atoms with Crippen molar-refractivity contribution in [1.82, 2.24) is 4.90 Å². The summed E-state index contributed by atoms with van der Waals surface area (Å²) in [7, 11) is 3.07. The zero-order valence-corrected chi connectivity index (χ0v) is 15.5. The van der Waals surface area contributed by atoms with E-state index in [1.165, 1.54) is 14.2 Å². The van der Waals surface area contributed by atoms with E-state index in [0.717, 1.165) is 0 Å². The van der Waals surface area contributed by atoms with Crippen molar-refractivity contribution in [1.29, 1.82) is 0 Å². The third kappa shape index (κ3) is 5.59. The standard InChI is InChI=1S/C17H27ClN2O3/c1-11(2)20(12(3)4)8-7-17(21)19-14-9-13(18)15(22-5)10-16(14)23-6/h9-12H,7-8H2,1-6H3,(H,19,21). The second-order valence-corrected chi connectivity index (χ2v) is 6.32. The molecule has 0 saturated carbocycles. The van der Waals surface area contributed by atoms with Gasteiger partial charge in [-0.1, -0.05) is 11.6 Å². The molecule has 23 heavy (non-hydrogen) atoms. The maximum absolute atomic E-state index is 12.2. The fourth-order valence-corrected chi connectivity index (χ4v) is 2.75. The van der Waals surface area contributed by atoms with Crippen LogP contribution in [0.25, 0.3) is 0 Å². The van der Waals surface area contributed by atoms with Gasteiger partial charge in [0.05, 0.1) is 24.9 Å². The Balaban J connectivity index is 2.76. The molecule has 0 unspecified atom stereocenters. The van der Waals surface area contributed by atoms with Crippen LogP contribution in [0.2, 0.25) is 5.02 Å². The van der Waals surface area contributed by atoms with Gasteiger partial charge in [-0.15, -0.1) is 0 Å². The lowest BCUT2D eigenvalue weighted by Gasteiger charge is -2.30. The molecule has 0 heterocycles. The minimum atomic E-state index is -0.0733. The van der Waals surface area contributed by atoms with Crippen molar-refractivity contribution in [2.75, 3.05) is 26.1 Å². The summed E-state index contributed by atoms with van der Waals surface area (Å²) >= 11 is 6.11. The van der Waals surface area contributed by atoms with Crippen LogP contribution >= 0.6 is 11.6 Å². The van der Waals surface area contributed by atoms with Crippen molar-refractivity contribution in [2.24, 2.45) is 0 Å². The molecular weight excluding hydrogens is 316 g/mol. The molecule has 0 radical (unpaired) electrons. The summed E-state index contributed by atoms with van der Waals surface area (Å²) in [6, 6.07) is 4.09. The van der Waals surface area contributed by atoms with E-state index < -0.39 is 0 Å². The Labute approximate surface area is 143 Å². The fourth-order valence-electron chi connectivity index (χ4n) is 2.51. The van der Waals surface area contributed by atoms with Gasteiger partial charge in [-0.05, 0) is 33.8 Å². The number of halogens is 1. The molecule has 0 aliphatic heterocycles. The summed E-state index contributed by atoms with van der Waals surface area (Å²) < 4.78 is 10.4. The number of nitrogens with one attached hydrogen (secondary N) is 1. The minimum Gasteiger partial charge on any atom is -0.495 e. The Bertz CT molecular complexity index is 525. The van der Waals surface area contributed by atoms with E-state index in [0.29, 0.717) is 47.3 Å². The molecular formula is C17H27ClN2O3. The molecule has 0 fully saturated rings. The fraction of sp³-hybridized carbons (Fsp3) is 0.588. The first-order valence-electron chi connectivity index (χ1n) is 7.77. The molecule has 5 nitrogen and oxygen atoms in total. The number of hydrogen-bond donors (Lipinski definition) is 1. The normalized spacial score (nSPS) is 11.2. The predicted molar refractivity (Wildman–Crippen MR) is 94.8 cm³/mol. The number of benzene rings is 1. The molecule has 0 aliphatic rings. The summed E-state index contributed by atoms with van der Waals surface area (Å²) in [6.45, 7) is 9.22. The van der Waals surface area contributed by atoms with Crippen LogP contribution in [0, 0.1) is 0 Å². The second-order valence-electron chi connectivity index (χ2n) is 5.91. The lowest BCUT2D eigenvalue weighted by Crippen LogP contribution is -2.39. The largest absolute Gasteiger partial charge is 0.495 e. The van der Waals surface area contributed by atoms with Crippen molar-refractivity contribution in [3.63, 3.8) is 0 Å². The topological polar surface area (TPSA) is 50.8 Å². The van der Waals surface area contributed by atoms with Crippen LogP contribution in [0.3, 0.4) is 0 Å². The summed E-state index contributed by atoms with van der Waals surface area (Å²) in [5, 5.41) is 3.28. The highest BCUT2D eigenvalue weighted by Gasteiger charge is 2.16. The van der Waals surface area contributed by atoms with Gasteiger partial charge in [-0.3, -0.25) is 9.69 Å². The number of nitrogens with zero attached hydrogens (tertiary/aromatic N) is 1. The molecule has 130 valence electrons. The van der Waals surface area contributed by atoms with E-state index >= 15 is 0 Å². The van der Waals surface area contributed by atoms with Crippen LogP contribution in [-0.2, 0) is 4.79 Å². The molecule has 0 aliphatic carbocycles. The van der Waals surface area contributed by atoms with E-state index in [1.807, 2.05) is 0 Å². The molecule has 0 spiro atoms. The highest BCUT2D eigenvalue weighted by atomic mass is 35.5. The van der Waals surface area contributed by atoms with Crippen LogP contribution in [0.15, 0.2) is 12.1 Å². The number of rotatable bonds is 8. The van der Waals surface area contributed by atoms with Crippen molar-refractivity contribution in [3.8, 4) is 11.5 Å². The van der Waals surface area contributed by atoms with Crippen molar-refractivity contribution >= 4 is 23.2 Å². The molecule has 1 N–H and O–H groups in total. The maximum atomic E-state index is 12.2. The van der Waals surface area contributed by atoms with Gasteiger partial charge in [-0.2, -0.15) is 0 Å². The van der Waals surface area contributed by atoms with E-state index in [9.17, 15) is 4.79 Å². The number of carbonyl (C=O) groups is 1. The first-order chi connectivity index (χ1) is 10.8. The van der Waals surface area contributed by atoms with Gasteiger partial charge in [0, 0.05) is 31.1 Å². The van der Waals surface area contributed by atoms with E-state index in [-0.39, 0.29) is 5.91 Å². The molecule has 0 bridgehead atoms. The number of amides is 1. The average molecular weight is 343 g/mol. The SMILES string of the molecule is COc1cc(OC)c(NC(=O)CCN(C(C)C)C(C)C)cc1Cl. The Morgan fingerprint density at radius 3 is 2.17 bits per heavy atom. The number of anilines is 1. The molecule has 6 heteroatoms. The smallest absolute Gasteiger partial charge is 0.225 e. The summed E-state index contributed by atoms with van der Waals surface area (Å²) in [4.78, 5) is 14.5. The van der Waals surface area contributed by atoms with Gasteiger partial charge in [-0.25, -0.2) is 0 Å². The number of hydrogen-bond acceptors (Lipinski definition) is 4. The van der Waals surface area contributed by atoms with E-state index in [1.54, 1.807) is 12.1 Å². The number of methoxy groups -OCH3 is 2. The van der Waals surface area contributed by atoms with Crippen molar-refractivity contribution in [3.05, 3.63) is 17.2 Å². The summed E-state index contributed by atoms with van der Waals surface area (Å²) in [6.07, 6.45) is 0.406. The summed E-state index contributed by atoms with van der Waals surface area (Å²) in [5.74, 6) is 0.951. The molecule has 1 rings (SSSR count). The zero-order valence-electron chi connectivity index (χ0n) is 14.8. The van der Waals surface area contributed by atoms with Gasteiger partial charge >= 0.3 is 0 Å². The zero-order chi connectivity index (χ0) is 17.6. The van der Waals surface area contributed by atoms with Crippen molar-refractivity contribution < 1.29 is 14.3 Å². The van der Waals surface area contributed by atoms with Crippen molar-refractivity contribution in [2.45, 2.75) is 46.2 Å². The molecule has 1 amide bonds. The molecule has 0 aromatic heterocycles.